The van der Waals surface area contributed by atoms with Crippen molar-refractivity contribution in [2.24, 2.45) is 0 Å². The quantitative estimate of drug-likeness (QED) is 0.319. The van der Waals surface area contributed by atoms with Crippen molar-refractivity contribution < 1.29 is 15.2 Å². The molecule has 0 aromatic carbocycles. The summed E-state index contributed by atoms with van der Waals surface area (Å²) in [6, 6.07) is 0. The van der Waals surface area contributed by atoms with Crippen LogP contribution < -0.4 is 0 Å². The first-order valence-electron chi connectivity index (χ1n) is 6.32. The van der Waals surface area contributed by atoms with E-state index < -0.39 is 0 Å². The average Bonchev–Trinajstić information content (AvgIpc) is 2.24. The summed E-state index contributed by atoms with van der Waals surface area (Å²) < 4.78 is 0. The maximum Gasteiger partial charge on any atom is 0.0961 e. The first kappa shape index (κ1) is 14.9. The zero-order valence-corrected chi connectivity index (χ0v) is 10.2. The van der Waals surface area contributed by atoms with Crippen LogP contribution in [0.5, 0.6) is 0 Å². The molecule has 0 rings (SSSR count). The zero-order valence-electron chi connectivity index (χ0n) is 10.2. The van der Waals surface area contributed by atoms with Crippen molar-refractivity contribution in [1.29, 1.82) is 0 Å². The van der Waals surface area contributed by atoms with Crippen LogP contribution in [0.3, 0.4) is 0 Å². The Morgan fingerprint density at radius 3 is 2.13 bits per heavy atom. The lowest BCUT2D eigenvalue weighted by Crippen LogP contribution is -2.12. The average molecular weight is 218 g/mol. The SMILES string of the molecule is CCCCCCCCC(CCC)OOO. The van der Waals surface area contributed by atoms with Crippen molar-refractivity contribution in [3.63, 3.8) is 0 Å². The van der Waals surface area contributed by atoms with Crippen molar-refractivity contribution in [2.75, 3.05) is 0 Å². The lowest BCUT2D eigenvalue weighted by atomic mass is 10.0. The molecule has 0 aliphatic heterocycles. The van der Waals surface area contributed by atoms with Crippen LogP contribution in [0.25, 0.3) is 0 Å². The Labute approximate surface area is 93.6 Å². The van der Waals surface area contributed by atoms with Crippen LogP contribution in [-0.4, -0.2) is 11.4 Å². The van der Waals surface area contributed by atoms with Crippen LogP contribution >= 0.6 is 0 Å². The predicted octanol–water partition coefficient (Wildman–Crippen LogP) is 4.33. The van der Waals surface area contributed by atoms with E-state index in [0.717, 1.165) is 25.7 Å². The van der Waals surface area contributed by atoms with Gasteiger partial charge in [0.25, 0.3) is 0 Å². The molecule has 0 saturated carbocycles. The molecule has 0 aliphatic carbocycles. The van der Waals surface area contributed by atoms with Gasteiger partial charge in [-0.1, -0.05) is 63.8 Å². The molecular weight excluding hydrogens is 192 g/mol. The van der Waals surface area contributed by atoms with E-state index in [0.29, 0.717) is 0 Å². The van der Waals surface area contributed by atoms with Gasteiger partial charge in [-0.05, 0) is 12.8 Å². The molecule has 1 atom stereocenters. The van der Waals surface area contributed by atoms with Gasteiger partial charge in [0.05, 0.1) is 6.10 Å². The third kappa shape index (κ3) is 10.2. The van der Waals surface area contributed by atoms with Crippen LogP contribution in [0.4, 0.5) is 0 Å². The highest BCUT2D eigenvalue weighted by atomic mass is 17.5. The molecule has 0 spiro atoms. The van der Waals surface area contributed by atoms with Gasteiger partial charge in [0.1, 0.15) is 0 Å². The molecule has 0 aromatic rings. The van der Waals surface area contributed by atoms with Gasteiger partial charge in [-0.15, -0.1) is 0 Å². The summed E-state index contributed by atoms with van der Waals surface area (Å²) in [6.07, 6.45) is 10.8. The minimum atomic E-state index is 0.0613. The van der Waals surface area contributed by atoms with Gasteiger partial charge in [-0.25, -0.2) is 10.1 Å². The second kappa shape index (κ2) is 12.0. The molecule has 92 valence electrons. The third-order valence-corrected chi connectivity index (χ3v) is 2.67. The molecule has 0 radical (unpaired) electrons. The molecule has 0 heterocycles. The monoisotopic (exact) mass is 218 g/mol. The summed E-state index contributed by atoms with van der Waals surface area (Å²) in [5.41, 5.74) is 0. The molecule has 0 fully saturated rings. The van der Waals surface area contributed by atoms with Crippen molar-refractivity contribution in [2.45, 2.75) is 77.7 Å². The summed E-state index contributed by atoms with van der Waals surface area (Å²) in [4.78, 5) is 4.77. The van der Waals surface area contributed by atoms with E-state index in [4.69, 9.17) is 10.1 Å². The Bertz CT molecular complexity index is 111. The number of unbranched alkanes of at least 4 members (excludes halogenated alkanes) is 5. The molecule has 3 nitrogen and oxygen atoms in total. The number of hydrogen-bond acceptors (Lipinski definition) is 3. The summed E-state index contributed by atoms with van der Waals surface area (Å²) in [5.74, 6) is 0. The second-order valence-electron chi connectivity index (χ2n) is 4.14. The number of rotatable bonds is 11. The van der Waals surface area contributed by atoms with E-state index in [1.54, 1.807) is 0 Å². The van der Waals surface area contributed by atoms with Crippen LogP contribution in [0, 0.1) is 0 Å². The first-order chi connectivity index (χ1) is 7.35. The van der Waals surface area contributed by atoms with Gasteiger partial charge >= 0.3 is 0 Å². The van der Waals surface area contributed by atoms with Gasteiger partial charge in [0, 0.05) is 0 Å². The maximum absolute atomic E-state index is 8.21. The summed E-state index contributed by atoms with van der Waals surface area (Å²) in [7, 11) is 0. The Hall–Kier alpha value is -0.120. The summed E-state index contributed by atoms with van der Waals surface area (Å²) >= 11 is 0. The lowest BCUT2D eigenvalue weighted by Gasteiger charge is -2.12. The summed E-state index contributed by atoms with van der Waals surface area (Å²) in [6.45, 7) is 4.33. The van der Waals surface area contributed by atoms with E-state index in [2.05, 4.69) is 18.9 Å². The van der Waals surface area contributed by atoms with Gasteiger partial charge in [0.2, 0.25) is 0 Å². The van der Waals surface area contributed by atoms with Gasteiger partial charge in [0.15, 0.2) is 0 Å². The molecule has 1 N–H and O–H groups in total. The lowest BCUT2D eigenvalue weighted by molar-refractivity contribution is -0.507. The minimum Gasteiger partial charge on any atom is -0.221 e. The molecule has 0 amide bonds. The Kier molecular flexibility index (Phi) is 11.9. The predicted molar refractivity (Wildman–Crippen MR) is 61.5 cm³/mol. The van der Waals surface area contributed by atoms with Crippen molar-refractivity contribution >= 4 is 0 Å². The van der Waals surface area contributed by atoms with Crippen LogP contribution in [0.2, 0.25) is 0 Å². The Morgan fingerprint density at radius 2 is 1.53 bits per heavy atom. The van der Waals surface area contributed by atoms with Crippen molar-refractivity contribution in [3.8, 4) is 0 Å². The van der Waals surface area contributed by atoms with E-state index in [9.17, 15) is 0 Å². The molecule has 0 aromatic heterocycles. The topological polar surface area (TPSA) is 38.7 Å². The molecule has 0 saturated heterocycles. The molecule has 0 aliphatic rings. The fraction of sp³-hybridized carbons (Fsp3) is 1.00. The van der Waals surface area contributed by atoms with Crippen LogP contribution in [0.1, 0.15) is 71.6 Å². The maximum atomic E-state index is 8.21. The molecular formula is C12H26O3. The van der Waals surface area contributed by atoms with E-state index in [1.165, 1.54) is 32.1 Å². The normalized spacial score (nSPS) is 13.0. The molecule has 15 heavy (non-hydrogen) atoms. The Morgan fingerprint density at radius 1 is 0.867 bits per heavy atom. The first-order valence-corrected chi connectivity index (χ1v) is 6.32. The fourth-order valence-corrected chi connectivity index (χ4v) is 1.78. The van der Waals surface area contributed by atoms with E-state index >= 15 is 0 Å². The van der Waals surface area contributed by atoms with E-state index in [-0.39, 0.29) is 6.10 Å². The highest BCUT2D eigenvalue weighted by Crippen LogP contribution is 2.13. The van der Waals surface area contributed by atoms with Gasteiger partial charge in [-0.2, -0.15) is 0 Å². The second-order valence-corrected chi connectivity index (χ2v) is 4.14. The smallest absolute Gasteiger partial charge is 0.0961 e. The van der Waals surface area contributed by atoms with E-state index in [1.807, 2.05) is 0 Å². The fourth-order valence-electron chi connectivity index (χ4n) is 1.78. The zero-order chi connectivity index (χ0) is 11.4. The largest absolute Gasteiger partial charge is 0.221 e. The van der Waals surface area contributed by atoms with Crippen molar-refractivity contribution in [3.05, 3.63) is 0 Å². The summed E-state index contributed by atoms with van der Waals surface area (Å²) in [5, 5.41) is 12.0. The van der Waals surface area contributed by atoms with Crippen LogP contribution in [0.15, 0.2) is 0 Å². The van der Waals surface area contributed by atoms with Crippen molar-refractivity contribution in [1.82, 2.24) is 0 Å². The third-order valence-electron chi connectivity index (χ3n) is 2.67. The van der Waals surface area contributed by atoms with Gasteiger partial charge in [-0.3, -0.25) is 0 Å². The Balaban J connectivity index is 3.28. The highest BCUT2D eigenvalue weighted by Gasteiger charge is 2.08. The van der Waals surface area contributed by atoms with Crippen LogP contribution in [-0.2, 0) is 9.93 Å². The molecule has 3 heteroatoms. The number of hydrogen-bond donors (Lipinski definition) is 1. The standard InChI is InChI=1S/C12H26O3/c1-3-5-6-7-8-9-11-12(10-4-2)14-15-13/h12-13H,3-11H2,1-2H3. The molecule has 1 unspecified atom stereocenters. The minimum absolute atomic E-state index is 0.0613. The van der Waals surface area contributed by atoms with Gasteiger partial charge < -0.3 is 0 Å². The highest BCUT2D eigenvalue weighted by molar-refractivity contribution is 4.56. The molecule has 0 bridgehead atoms.